The molecule has 0 saturated carbocycles. The van der Waals surface area contributed by atoms with Gasteiger partial charge >= 0.3 is 0 Å². The van der Waals surface area contributed by atoms with Crippen LogP contribution in [0, 0.1) is 0 Å². The highest BCUT2D eigenvalue weighted by Crippen LogP contribution is 2.21. The average molecular weight is 239 g/mol. The summed E-state index contributed by atoms with van der Waals surface area (Å²) in [7, 11) is 4.22. The second-order valence-corrected chi connectivity index (χ2v) is 5.51. The van der Waals surface area contributed by atoms with Gasteiger partial charge in [-0.25, -0.2) is 4.98 Å². The molecule has 3 nitrogen and oxygen atoms in total. The van der Waals surface area contributed by atoms with E-state index in [1.54, 1.807) is 0 Å². The third-order valence-electron chi connectivity index (χ3n) is 3.31. The molecule has 1 aliphatic rings. The summed E-state index contributed by atoms with van der Waals surface area (Å²) in [5.74, 6) is 0. The number of hydrogen-bond acceptors (Lipinski definition) is 4. The molecule has 1 aliphatic heterocycles. The van der Waals surface area contributed by atoms with Crippen molar-refractivity contribution in [1.29, 1.82) is 0 Å². The van der Waals surface area contributed by atoms with Gasteiger partial charge < -0.3 is 10.2 Å². The van der Waals surface area contributed by atoms with E-state index in [4.69, 9.17) is 4.98 Å². The minimum absolute atomic E-state index is 0.725. The molecule has 4 heteroatoms. The number of aromatic nitrogens is 1. The van der Waals surface area contributed by atoms with Crippen LogP contribution in [-0.4, -0.2) is 43.1 Å². The van der Waals surface area contributed by atoms with E-state index >= 15 is 0 Å². The van der Waals surface area contributed by atoms with E-state index in [0.29, 0.717) is 0 Å². The van der Waals surface area contributed by atoms with E-state index in [9.17, 15) is 0 Å². The fraction of sp³-hybridized carbons (Fsp3) is 0.750. The Morgan fingerprint density at radius 1 is 1.62 bits per heavy atom. The Bertz CT molecular complexity index is 324. The molecule has 0 amide bonds. The molecule has 0 aromatic carbocycles. The molecule has 2 rings (SSSR count). The van der Waals surface area contributed by atoms with Crippen LogP contribution in [0.1, 0.15) is 23.5 Å². The lowest BCUT2D eigenvalue weighted by Gasteiger charge is -2.17. The zero-order chi connectivity index (χ0) is 11.4. The Morgan fingerprint density at radius 2 is 2.50 bits per heavy atom. The van der Waals surface area contributed by atoms with Crippen molar-refractivity contribution in [2.24, 2.45) is 0 Å². The second-order valence-electron chi connectivity index (χ2n) is 4.57. The Kier molecular flexibility index (Phi) is 4.32. The highest BCUT2D eigenvalue weighted by atomic mass is 32.1. The lowest BCUT2D eigenvalue weighted by atomic mass is 10.1. The van der Waals surface area contributed by atoms with Gasteiger partial charge in [0.25, 0.3) is 0 Å². The SMILES string of the molecule is CNCCc1csc(CC2CCCN2C)n1. The van der Waals surface area contributed by atoms with Gasteiger partial charge in [-0.15, -0.1) is 11.3 Å². The number of thiazole rings is 1. The topological polar surface area (TPSA) is 28.2 Å². The molecule has 0 spiro atoms. The fourth-order valence-electron chi connectivity index (χ4n) is 2.25. The monoisotopic (exact) mass is 239 g/mol. The number of likely N-dealkylation sites (N-methyl/N-ethyl adjacent to an activating group) is 2. The predicted octanol–water partition coefficient (Wildman–Crippen LogP) is 1.54. The highest BCUT2D eigenvalue weighted by Gasteiger charge is 2.21. The van der Waals surface area contributed by atoms with Gasteiger partial charge in [0.2, 0.25) is 0 Å². The number of nitrogens with zero attached hydrogens (tertiary/aromatic N) is 2. The van der Waals surface area contributed by atoms with Crippen molar-refractivity contribution in [3.05, 3.63) is 16.1 Å². The number of likely N-dealkylation sites (tertiary alicyclic amines) is 1. The minimum Gasteiger partial charge on any atom is -0.319 e. The van der Waals surface area contributed by atoms with Gasteiger partial charge in [0.15, 0.2) is 0 Å². The standard InChI is InChI=1S/C12H21N3S/c1-13-6-5-10-9-16-12(14-10)8-11-4-3-7-15(11)2/h9,11,13H,3-8H2,1-2H3. The van der Waals surface area contributed by atoms with Gasteiger partial charge in [0, 0.05) is 30.8 Å². The quantitative estimate of drug-likeness (QED) is 0.845. The predicted molar refractivity (Wildman–Crippen MR) is 69.1 cm³/mol. The Morgan fingerprint density at radius 3 is 3.19 bits per heavy atom. The zero-order valence-corrected chi connectivity index (χ0v) is 11.0. The van der Waals surface area contributed by atoms with Gasteiger partial charge in [-0.2, -0.15) is 0 Å². The highest BCUT2D eigenvalue weighted by molar-refractivity contribution is 7.09. The summed E-state index contributed by atoms with van der Waals surface area (Å²) in [6.45, 7) is 2.27. The van der Waals surface area contributed by atoms with E-state index in [-0.39, 0.29) is 0 Å². The van der Waals surface area contributed by atoms with Crippen LogP contribution in [0.25, 0.3) is 0 Å². The first-order valence-electron chi connectivity index (χ1n) is 6.07. The van der Waals surface area contributed by atoms with Gasteiger partial charge in [-0.3, -0.25) is 0 Å². The first-order chi connectivity index (χ1) is 7.79. The molecular formula is C12H21N3S. The maximum Gasteiger partial charge on any atom is 0.0943 e. The molecule has 0 aliphatic carbocycles. The van der Waals surface area contributed by atoms with Crippen molar-refractivity contribution >= 4 is 11.3 Å². The normalized spacial score (nSPS) is 21.8. The summed E-state index contributed by atoms with van der Waals surface area (Å²) in [6, 6.07) is 0.725. The smallest absolute Gasteiger partial charge is 0.0943 e. The summed E-state index contributed by atoms with van der Waals surface area (Å²) in [4.78, 5) is 7.16. The maximum atomic E-state index is 4.70. The van der Waals surface area contributed by atoms with Crippen LogP contribution >= 0.6 is 11.3 Å². The van der Waals surface area contributed by atoms with E-state index in [0.717, 1.165) is 25.4 Å². The van der Waals surface area contributed by atoms with Crippen molar-refractivity contribution in [2.75, 3.05) is 27.2 Å². The maximum absolute atomic E-state index is 4.70. The van der Waals surface area contributed by atoms with E-state index in [1.807, 2.05) is 18.4 Å². The van der Waals surface area contributed by atoms with Crippen LogP contribution in [0.2, 0.25) is 0 Å². The molecule has 1 fully saturated rings. The average Bonchev–Trinajstić information content (AvgIpc) is 2.87. The summed E-state index contributed by atoms with van der Waals surface area (Å²) < 4.78 is 0. The first-order valence-corrected chi connectivity index (χ1v) is 6.95. The molecule has 0 bridgehead atoms. The summed E-state index contributed by atoms with van der Waals surface area (Å²) in [6.07, 6.45) is 4.87. The molecule has 1 N–H and O–H groups in total. The van der Waals surface area contributed by atoms with Crippen LogP contribution in [0.15, 0.2) is 5.38 Å². The van der Waals surface area contributed by atoms with Crippen LogP contribution in [0.4, 0.5) is 0 Å². The van der Waals surface area contributed by atoms with Gasteiger partial charge in [-0.1, -0.05) is 0 Å². The largest absolute Gasteiger partial charge is 0.319 e. The van der Waals surface area contributed by atoms with Crippen LogP contribution in [0.5, 0.6) is 0 Å². The van der Waals surface area contributed by atoms with Crippen molar-refractivity contribution in [3.8, 4) is 0 Å². The van der Waals surface area contributed by atoms with Crippen molar-refractivity contribution in [1.82, 2.24) is 15.2 Å². The first kappa shape index (κ1) is 12.0. The summed E-state index contributed by atoms with van der Waals surface area (Å²) in [5, 5.41) is 6.68. The van der Waals surface area contributed by atoms with Crippen LogP contribution in [0.3, 0.4) is 0 Å². The molecule has 1 aromatic rings. The van der Waals surface area contributed by atoms with Gasteiger partial charge in [0.05, 0.1) is 10.7 Å². The lowest BCUT2D eigenvalue weighted by molar-refractivity contribution is 0.309. The third-order valence-corrected chi connectivity index (χ3v) is 4.23. The van der Waals surface area contributed by atoms with Crippen molar-refractivity contribution in [3.63, 3.8) is 0 Å². The Labute approximate surface area is 102 Å². The Balaban J connectivity index is 1.87. The molecule has 16 heavy (non-hydrogen) atoms. The molecule has 1 atom stereocenters. The number of hydrogen-bond donors (Lipinski definition) is 1. The number of nitrogens with one attached hydrogen (secondary N) is 1. The summed E-state index contributed by atoms with van der Waals surface area (Å²) >= 11 is 1.82. The minimum atomic E-state index is 0.725. The number of rotatable bonds is 5. The van der Waals surface area contributed by atoms with Gasteiger partial charge in [0.1, 0.15) is 0 Å². The Hall–Kier alpha value is -0.450. The van der Waals surface area contributed by atoms with E-state index in [2.05, 4.69) is 22.6 Å². The van der Waals surface area contributed by atoms with Crippen LogP contribution in [-0.2, 0) is 12.8 Å². The fourth-order valence-corrected chi connectivity index (χ4v) is 3.15. The molecule has 1 aromatic heterocycles. The molecule has 1 saturated heterocycles. The van der Waals surface area contributed by atoms with Gasteiger partial charge in [-0.05, 0) is 33.5 Å². The van der Waals surface area contributed by atoms with E-state index < -0.39 is 0 Å². The molecule has 90 valence electrons. The molecule has 2 heterocycles. The molecule has 1 unspecified atom stereocenters. The van der Waals surface area contributed by atoms with E-state index in [1.165, 1.54) is 30.1 Å². The van der Waals surface area contributed by atoms with Crippen LogP contribution < -0.4 is 5.32 Å². The summed E-state index contributed by atoms with van der Waals surface area (Å²) in [5.41, 5.74) is 1.25. The zero-order valence-electron chi connectivity index (χ0n) is 10.2. The van der Waals surface area contributed by atoms with Crippen molar-refractivity contribution < 1.29 is 0 Å². The lowest BCUT2D eigenvalue weighted by Crippen LogP contribution is -2.26. The molecule has 0 radical (unpaired) electrons. The molecular weight excluding hydrogens is 218 g/mol. The third kappa shape index (κ3) is 3.03. The second kappa shape index (κ2) is 5.75. The van der Waals surface area contributed by atoms with Crippen molar-refractivity contribution in [2.45, 2.75) is 31.7 Å².